The van der Waals surface area contributed by atoms with Gasteiger partial charge in [0.05, 0.1) is 22.2 Å². The van der Waals surface area contributed by atoms with Crippen LogP contribution in [0.4, 0.5) is 5.82 Å². The maximum absolute atomic E-state index is 12.3. The zero-order valence-corrected chi connectivity index (χ0v) is 16.3. The normalized spacial score (nSPS) is 10.4. The minimum atomic E-state index is -0.748. The smallest absolute Gasteiger partial charge is 0.355 e. The van der Waals surface area contributed by atoms with Gasteiger partial charge < -0.3 is 19.8 Å². The van der Waals surface area contributed by atoms with E-state index in [1.807, 2.05) is 0 Å². The largest absolute Gasteiger partial charge is 0.461 e. The Kier molecular flexibility index (Phi) is 6.81. The highest BCUT2D eigenvalue weighted by Crippen LogP contribution is 2.23. The number of nitrogens with one attached hydrogen (secondary N) is 2. The number of carbonyl (C=O) groups is 3. The van der Waals surface area contributed by atoms with Gasteiger partial charge in [-0.15, -0.1) is 0 Å². The van der Waals surface area contributed by atoms with Gasteiger partial charge in [0.25, 0.3) is 5.91 Å². The molecule has 2 aromatic rings. The second-order valence-corrected chi connectivity index (χ2v) is 6.30. The summed E-state index contributed by atoms with van der Waals surface area (Å²) in [5, 5.41) is 2.88. The highest BCUT2D eigenvalue weighted by Gasteiger charge is 2.24. The van der Waals surface area contributed by atoms with Gasteiger partial charge in [0.1, 0.15) is 5.69 Å². The molecule has 0 saturated heterocycles. The van der Waals surface area contributed by atoms with Crippen molar-refractivity contribution in [2.75, 3.05) is 18.5 Å². The van der Waals surface area contributed by atoms with Crippen LogP contribution in [0, 0.1) is 13.8 Å². The predicted molar refractivity (Wildman–Crippen MR) is 99.4 cm³/mol. The molecule has 0 aliphatic rings. The van der Waals surface area contributed by atoms with E-state index in [0.29, 0.717) is 16.3 Å². The van der Waals surface area contributed by atoms with E-state index in [1.165, 1.54) is 12.3 Å². The summed E-state index contributed by atoms with van der Waals surface area (Å²) in [5.41, 5.74) is 1.17. The van der Waals surface area contributed by atoms with Crippen LogP contribution in [0.15, 0.2) is 12.3 Å². The van der Waals surface area contributed by atoms with E-state index >= 15 is 0 Å². The predicted octanol–water partition coefficient (Wildman–Crippen LogP) is 3.31. The van der Waals surface area contributed by atoms with E-state index in [1.54, 1.807) is 20.8 Å². The van der Waals surface area contributed by atoms with Crippen LogP contribution in [-0.4, -0.2) is 41.0 Å². The summed E-state index contributed by atoms with van der Waals surface area (Å²) < 4.78 is 9.95. The molecule has 2 heterocycles. The third-order valence-corrected chi connectivity index (χ3v) is 4.02. The van der Waals surface area contributed by atoms with Gasteiger partial charge in [-0.2, -0.15) is 0 Å². The van der Waals surface area contributed by atoms with Gasteiger partial charge in [-0.1, -0.05) is 23.2 Å². The van der Waals surface area contributed by atoms with Crippen molar-refractivity contribution in [2.24, 2.45) is 0 Å². The number of hydrogen-bond acceptors (Lipinski definition) is 6. The molecule has 0 aromatic carbocycles. The Morgan fingerprint density at radius 2 is 1.89 bits per heavy atom. The molecular weight excluding hydrogens is 397 g/mol. The lowest BCUT2D eigenvalue weighted by Gasteiger charge is -2.08. The fourth-order valence-corrected chi connectivity index (χ4v) is 2.77. The van der Waals surface area contributed by atoms with Crippen molar-refractivity contribution >= 4 is 46.9 Å². The van der Waals surface area contributed by atoms with Crippen LogP contribution >= 0.6 is 23.2 Å². The van der Waals surface area contributed by atoms with Crippen molar-refractivity contribution in [1.29, 1.82) is 0 Å². The summed E-state index contributed by atoms with van der Waals surface area (Å²) in [6.45, 7) is 4.53. The molecule has 2 aromatic heterocycles. The SMILES string of the molecule is CCOC(=O)c1[nH]c(C)c(C(=O)OCC(=O)Nc2ncc(Cl)cc2Cl)c1C. The maximum atomic E-state index is 12.3. The highest BCUT2D eigenvalue weighted by molar-refractivity contribution is 6.36. The average molecular weight is 414 g/mol. The van der Waals surface area contributed by atoms with Gasteiger partial charge in [0.2, 0.25) is 0 Å². The molecule has 27 heavy (non-hydrogen) atoms. The molecule has 8 nitrogen and oxygen atoms in total. The van der Waals surface area contributed by atoms with E-state index in [9.17, 15) is 14.4 Å². The van der Waals surface area contributed by atoms with E-state index in [0.717, 1.165) is 0 Å². The number of pyridine rings is 1. The molecular formula is C17H17Cl2N3O5. The fourth-order valence-electron chi connectivity index (χ4n) is 2.34. The summed E-state index contributed by atoms with van der Waals surface area (Å²) in [7, 11) is 0. The lowest BCUT2D eigenvalue weighted by molar-refractivity contribution is -0.119. The second-order valence-electron chi connectivity index (χ2n) is 5.45. The lowest BCUT2D eigenvalue weighted by atomic mass is 10.1. The Labute approximate surface area is 165 Å². The number of nitrogens with zero attached hydrogens (tertiary/aromatic N) is 1. The molecule has 2 rings (SSSR count). The number of anilines is 1. The molecule has 144 valence electrons. The Morgan fingerprint density at radius 1 is 1.19 bits per heavy atom. The van der Waals surface area contributed by atoms with Gasteiger partial charge in [0, 0.05) is 11.9 Å². The number of aromatic amines is 1. The molecule has 10 heteroatoms. The summed E-state index contributed by atoms with van der Waals surface area (Å²) in [6.07, 6.45) is 1.32. The van der Waals surface area contributed by atoms with Crippen LogP contribution in [-0.2, 0) is 14.3 Å². The van der Waals surface area contributed by atoms with Gasteiger partial charge in [-0.05, 0) is 32.4 Å². The number of amides is 1. The molecule has 0 unspecified atom stereocenters. The molecule has 0 aliphatic carbocycles. The number of H-pyrrole nitrogens is 1. The minimum Gasteiger partial charge on any atom is -0.461 e. The van der Waals surface area contributed by atoms with Gasteiger partial charge >= 0.3 is 11.9 Å². The Bertz CT molecular complexity index is 895. The molecule has 1 amide bonds. The van der Waals surface area contributed by atoms with Crippen LogP contribution in [0.5, 0.6) is 0 Å². The Morgan fingerprint density at radius 3 is 2.52 bits per heavy atom. The number of aryl methyl sites for hydroxylation is 1. The van der Waals surface area contributed by atoms with Crippen LogP contribution in [0.3, 0.4) is 0 Å². The number of esters is 2. The van der Waals surface area contributed by atoms with Crippen molar-refractivity contribution < 1.29 is 23.9 Å². The van der Waals surface area contributed by atoms with Crippen molar-refractivity contribution in [3.63, 3.8) is 0 Å². The van der Waals surface area contributed by atoms with Crippen LogP contribution in [0.2, 0.25) is 10.0 Å². The maximum Gasteiger partial charge on any atom is 0.355 e. The van der Waals surface area contributed by atoms with Crippen molar-refractivity contribution in [1.82, 2.24) is 9.97 Å². The third-order valence-electron chi connectivity index (χ3n) is 3.52. The fraction of sp³-hybridized carbons (Fsp3) is 0.294. The van der Waals surface area contributed by atoms with Crippen molar-refractivity contribution in [3.8, 4) is 0 Å². The molecule has 0 aliphatic heterocycles. The molecule has 2 N–H and O–H groups in total. The standard InChI is InChI=1S/C17H17Cl2N3O5/c1-4-26-17(25)14-8(2)13(9(3)21-14)16(24)27-7-12(23)22-15-11(19)5-10(18)6-20-15/h5-6,21H,4,7H2,1-3H3,(H,20,22,23). The summed E-state index contributed by atoms with van der Waals surface area (Å²) in [5.74, 6) is -1.85. The van der Waals surface area contributed by atoms with E-state index in [4.69, 9.17) is 32.7 Å². The molecule has 0 atom stereocenters. The second kappa shape index (κ2) is 8.88. The molecule has 0 saturated carbocycles. The average Bonchev–Trinajstić information content (AvgIpc) is 2.90. The zero-order valence-electron chi connectivity index (χ0n) is 14.8. The Balaban J connectivity index is 2.03. The minimum absolute atomic E-state index is 0.0979. The Hall–Kier alpha value is -2.58. The molecule has 0 radical (unpaired) electrons. The molecule has 0 bridgehead atoms. The van der Waals surface area contributed by atoms with E-state index < -0.39 is 24.5 Å². The first-order valence-electron chi connectivity index (χ1n) is 7.88. The molecule has 0 spiro atoms. The number of carbonyl (C=O) groups excluding carboxylic acids is 3. The van der Waals surface area contributed by atoms with Crippen LogP contribution in [0.1, 0.15) is 39.0 Å². The highest BCUT2D eigenvalue weighted by atomic mass is 35.5. The quantitative estimate of drug-likeness (QED) is 0.702. The first-order valence-corrected chi connectivity index (χ1v) is 8.64. The lowest BCUT2D eigenvalue weighted by Crippen LogP contribution is -2.22. The monoisotopic (exact) mass is 413 g/mol. The van der Waals surface area contributed by atoms with Crippen molar-refractivity contribution in [3.05, 3.63) is 44.8 Å². The summed E-state index contributed by atoms with van der Waals surface area (Å²) in [4.78, 5) is 42.8. The third kappa shape index (κ3) is 4.99. The van der Waals surface area contributed by atoms with Gasteiger partial charge in [-0.3, -0.25) is 4.79 Å². The molecule has 0 fully saturated rings. The number of aromatic nitrogens is 2. The topological polar surface area (TPSA) is 110 Å². The zero-order chi connectivity index (χ0) is 20.1. The first-order chi connectivity index (χ1) is 12.7. The van der Waals surface area contributed by atoms with Gasteiger partial charge in [-0.25, -0.2) is 14.6 Å². The first kappa shape index (κ1) is 20.7. The number of hydrogen-bond donors (Lipinski definition) is 2. The van der Waals surface area contributed by atoms with Gasteiger partial charge in [0.15, 0.2) is 12.4 Å². The van der Waals surface area contributed by atoms with E-state index in [2.05, 4.69) is 15.3 Å². The summed E-state index contributed by atoms with van der Waals surface area (Å²) >= 11 is 11.6. The van der Waals surface area contributed by atoms with E-state index in [-0.39, 0.29) is 28.7 Å². The van der Waals surface area contributed by atoms with Crippen LogP contribution in [0.25, 0.3) is 0 Å². The number of rotatable bonds is 6. The number of halogens is 2. The van der Waals surface area contributed by atoms with Crippen molar-refractivity contribution in [2.45, 2.75) is 20.8 Å². The van der Waals surface area contributed by atoms with Crippen LogP contribution < -0.4 is 5.32 Å². The summed E-state index contributed by atoms with van der Waals surface area (Å²) in [6, 6.07) is 1.42. The number of ether oxygens (including phenoxy) is 2.